The van der Waals surface area contributed by atoms with Gasteiger partial charge in [-0.25, -0.2) is 4.98 Å². The van der Waals surface area contributed by atoms with Crippen molar-refractivity contribution in [3.05, 3.63) is 33.4 Å². The Balaban J connectivity index is 1.79. The van der Waals surface area contributed by atoms with Crippen molar-refractivity contribution < 1.29 is 4.79 Å². The SMILES string of the molecule is C=CCn1c(SCC(=O)N[C@@H]2CCCC[C@@H]2C)nc2sc(C)c(C)c2c1=O. The Bertz CT molecular complexity index is 916. The minimum Gasteiger partial charge on any atom is -0.352 e. The second-order valence-electron chi connectivity index (χ2n) is 7.29. The fraction of sp³-hybridized carbons (Fsp3) is 0.550. The Morgan fingerprint density at radius 1 is 1.41 bits per heavy atom. The van der Waals surface area contributed by atoms with Crippen LogP contribution in [0.1, 0.15) is 43.0 Å². The first kappa shape index (κ1) is 20.1. The molecule has 3 rings (SSSR count). The molecule has 0 unspecified atom stereocenters. The minimum absolute atomic E-state index is 0.0109. The number of allylic oxidation sites excluding steroid dienone is 1. The summed E-state index contributed by atoms with van der Waals surface area (Å²) in [6, 6.07) is 0.264. The van der Waals surface area contributed by atoms with Crippen molar-refractivity contribution in [1.29, 1.82) is 0 Å². The molecular weight excluding hydrogens is 378 g/mol. The predicted octanol–water partition coefficient (Wildman–Crippen LogP) is 4.05. The number of carbonyl (C=O) groups is 1. The lowest BCUT2D eigenvalue weighted by Crippen LogP contribution is -2.41. The van der Waals surface area contributed by atoms with E-state index >= 15 is 0 Å². The number of amides is 1. The third-order valence-corrected chi connectivity index (χ3v) is 7.43. The largest absolute Gasteiger partial charge is 0.352 e. The lowest BCUT2D eigenvalue weighted by molar-refractivity contribution is -0.119. The molecule has 0 aromatic carbocycles. The monoisotopic (exact) mass is 405 g/mol. The molecule has 1 fully saturated rings. The molecule has 0 spiro atoms. The van der Waals surface area contributed by atoms with E-state index in [4.69, 9.17) is 0 Å². The Kier molecular flexibility index (Phi) is 6.42. The Labute approximate surface area is 168 Å². The molecule has 0 bridgehead atoms. The van der Waals surface area contributed by atoms with Crippen molar-refractivity contribution in [3.8, 4) is 0 Å². The van der Waals surface area contributed by atoms with Crippen LogP contribution < -0.4 is 10.9 Å². The van der Waals surface area contributed by atoms with E-state index in [2.05, 4.69) is 23.8 Å². The van der Waals surface area contributed by atoms with Gasteiger partial charge in [0.1, 0.15) is 4.83 Å². The number of nitrogens with one attached hydrogen (secondary N) is 1. The second kappa shape index (κ2) is 8.61. The average molecular weight is 406 g/mol. The molecule has 0 radical (unpaired) electrons. The first-order valence-electron chi connectivity index (χ1n) is 9.46. The number of carbonyl (C=O) groups excluding carboxylic acids is 1. The molecule has 1 N–H and O–H groups in total. The van der Waals surface area contributed by atoms with Crippen molar-refractivity contribution in [2.75, 3.05) is 5.75 Å². The second-order valence-corrected chi connectivity index (χ2v) is 9.43. The van der Waals surface area contributed by atoms with Gasteiger partial charge in [0.15, 0.2) is 5.16 Å². The number of thioether (sulfide) groups is 1. The van der Waals surface area contributed by atoms with Gasteiger partial charge in [0, 0.05) is 17.5 Å². The van der Waals surface area contributed by atoms with Crippen LogP contribution in [0, 0.1) is 19.8 Å². The van der Waals surface area contributed by atoms with Crippen LogP contribution in [0.3, 0.4) is 0 Å². The van der Waals surface area contributed by atoms with Gasteiger partial charge in [-0.15, -0.1) is 17.9 Å². The van der Waals surface area contributed by atoms with Gasteiger partial charge in [0.2, 0.25) is 5.91 Å². The number of fused-ring (bicyclic) bond motifs is 1. The standard InChI is InChI=1S/C20H27N3O2S2/c1-5-10-23-19(25)17-13(3)14(4)27-18(17)22-20(23)26-11-16(24)21-15-9-7-6-8-12(15)2/h5,12,15H,1,6-11H2,2-4H3,(H,21,24)/t12-,15+/m0/s1. The number of aromatic nitrogens is 2. The molecule has 1 aliphatic carbocycles. The molecule has 2 aromatic heterocycles. The normalized spacial score (nSPS) is 20.0. The number of hydrogen-bond acceptors (Lipinski definition) is 5. The number of nitrogens with zero attached hydrogens (tertiary/aromatic N) is 2. The molecule has 1 aliphatic rings. The number of thiophene rings is 1. The molecule has 7 heteroatoms. The highest BCUT2D eigenvalue weighted by Crippen LogP contribution is 2.28. The van der Waals surface area contributed by atoms with Gasteiger partial charge < -0.3 is 5.32 Å². The summed E-state index contributed by atoms with van der Waals surface area (Å²) >= 11 is 2.86. The van der Waals surface area contributed by atoms with Gasteiger partial charge >= 0.3 is 0 Å². The number of aryl methyl sites for hydroxylation is 2. The molecular formula is C20H27N3O2S2. The summed E-state index contributed by atoms with van der Waals surface area (Å²) in [5.41, 5.74) is 0.941. The average Bonchev–Trinajstić information content (AvgIpc) is 2.92. The van der Waals surface area contributed by atoms with Gasteiger partial charge in [0.05, 0.1) is 11.1 Å². The summed E-state index contributed by atoms with van der Waals surface area (Å²) < 4.78 is 1.62. The molecule has 0 aliphatic heterocycles. The zero-order chi connectivity index (χ0) is 19.6. The summed E-state index contributed by atoms with van der Waals surface area (Å²) in [6.07, 6.45) is 6.34. The Morgan fingerprint density at radius 3 is 2.85 bits per heavy atom. The van der Waals surface area contributed by atoms with Crippen LogP contribution in [-0.2, 0) is 11.3 Å². The molecule has 0 saturated heterocycles. The summed E-state index contributed by atoms with van der Waals surface area (Å²) in [6.45, 7) is 10.3. The van der Waals surface area contributed by atoms with Crippen LogP contribution in [0.15, 0.2) is 22.6 Å². The van der Waals surface area contributed by atoms with Gasteiger partial charge in [0.25, 0.3) is 5.56 Å². The van der Waals surface area contributed by atoms with Crippen LogP contribution in [-0.4, -0.2) is 27.3 Å². The zero-order valence-electron chi connectivity index (χ0n) is 16.2. The van der Waals surface area contributed by atoms with Crippen molar-refractivity contribution in [2.24, 2.45) is 5.92 Å². The van der Waals surface area contributed by atoms with E-state index in [1.165, 1.54) is 42.4 Å². The van der Waals surface area contributed by atoms with Crippen LogP contribution in [0.4, 0.5) is 0 Å². The molecule has 2 atom stereocenters. The minimum atomic E-state index is -0.0504. The lowest BCUT2D eigenvalue weighted by atomic mass is 9.86. The molecule has 2 aromatic rings. The van der Waals surface area contributed by atoms with E-state index < -0.39 is 0 Å². The van der Waals surface area contributed by atoms with Gasteiger partial charge in [-0.1, -0.05) is 37.6 Å². The highest BCUT2D eigenvalue weighted by Gasteiger charge is 2.23. The lowest BCUT2D eigenvalue weighted by Gasteiger charge is -2.29. The first-order chi connectivity index (χ1) is 12.9. The summed E-state index contributed by atoms with van der Waals surface area (Å²) in [7, 11) is 0. The third-order valence-electron chi connectivity index (χ3n) is 5.36. The van der Waals surface area contributed by atoms with Crippen LogP contribution in [0.5, 0.6) is 0 Å². The summed E-state index contributed by atoms with van der Waals surface area (Å²) in [4.78, 5) is 31.9. The predicted molar refractivity (Wildman–Crippen MR) is 114 cm³/mol. The smallest absolute Gasteiger partial charge is 0.263 e. The third kappa shape index (κ3) is 4.29. The van der Waals surface area contributed by atoms with Crippen molar-refractivity contribution >= 4 is 39.2 Å². The van der Waals surface area contributed by atoms with Crippen LogP contribution in [0.25, 0.3) is 10.2 Å². The molecule has 146 valence electrons. The van der Waals surface area contributed by atoms with Gasteiger partial charge in [-0.3, -0.25) is 14.2 Å². The Hall–Kier alpha value is -1.60. The molecule has 5 nitrogen and oxygen atoms in total. The van der Waals surface area contributed by atoms with Crippen molar-refractivity contribution in [3.63, 3.8) is 0 Å². The van der Waals surface area contributed by atoms with E-state index in [0.29, 0.717) is 23.0 Å². The fourth-order valence-electron chi connectivity index (χ4n) is 3.62. The van der Waals surface area contributed by atoms with Crippen LogP contribution >= 0.6 is 23.1 Å². The van der Waals surface area contributed by atoms with Gasteiger partial charge in [-0.05, 0) is 38.2 Å². The summed E-state index contributed by atoms with van der Waals surface area (Å²) in [5, 5.41) is 4.43. The maximum absolute atomic E-state index is 12.9. The van der Waals surface area contributed by atoms with E-state index in [0.717, 1.165) is 21.7 Å². The Morgan fingerprint density at radius 2 is 2.15 bits per heavy atom. The molecule has 27 heavy (non-hydrogen) atoms. The first-order valence-corrected chi connectivity index (χ1v) is 11.3. The zero-order valence-corrected chi connectivity index (χ0v) is 17.8. The van der Waals surface area contributed by atoms with E-state index in [1.807, 2.05) is 13.8 Å². The molecule has 1 amide bonds. The highest BCUT2D eigenvalue weighted by molar-refractivity contribution is 7.99. The maximum Gasteiger partial charge on any atom is 0.263 e. The highest BCUT2D eigenvalue weighted by atomic mass is 32.2. The van der Waals surface area contributed by atoms with E-state index in [-0.39, 0.29) is 23.3 Å². The maximum atomic E-state index is 12.9. The number of rotatable bonds is 6. The van der Waals surface area contributed by atoms with Crippen LogP contribution in [0.2, 0.25) is 0 Å². The molecule has 2 heterocycles. The summed E-state index contributed by atoms with van der Waals surface area (Å²) in [5.74, 6) is 0.803. The fourth-order valence-corrected chi connectivity index (χ4v) is 5.51. The topological polar surface area (TPSA) is 64.0 Å². The van der Waals surface area contributed by atoms with Crippen molar-refractivity contribution in [2.45, 2.75) is 64.2 Å². The number of hydrogen-bond donors (Lipinski definition) is 1. The molecule has 1 saturated carbocycles. The van der Waals surface area contributed by atoms with E-state index in [9.17, 15) is 9.59 Å². The quantitative estimate of drug-likeness (QED) is 0.447. The van der Waals surface area contributed by atoms with Gasteiger partial charge in [-0.2, -0.15) is 0 Å². The van der Waals surface area contributed by atoms with Crippen molar-refractivity contribution in [1.82, 2.24) is 14.9 Å². The van der Waals surface area contributed by atoms with E-state index in [1.54, 1.807) is 10.6 Å².